The van der Waals surface area contributed by atoms with Crippen LogP contribution in [0.25, 0.3) is 0 Å². The predicted octanol–water partition coefficient (Wildman–Crippen LogP) is 1.86. The van der Waals surface area contributed by atoms with Crippen molar-refractivity contribution >= 4 is 0 Å². The lowest BCUT2D eigenvalue weighted by atomic mass is 10.1. The minimum Gasteiger partial charge on any atom is -0.330 e. The van der Waals surface area contributed by atoms with Crippen molar-refractivity contribution in [3.8, 4) is 0 Å². The molecule has 3 nitrogen and oxygen atoms in total. The monoisotopic (exact) mass is 273 g/mol. The lowest BCUT2D eigenvalue weighted by Gasteiger charge is -2.25. The summed E-state index contributed by atoms with van der Waals surface area (Å²) >= 11 is 0. The molecule has 0 amide bonds. The first-order chi connectivity index (χ1) is 9.76. The zero-order valence-electron chi connectivity index (χ0n) is 12.6. The van der Waals surface area contributed by atoms with E-state index in [1.807, 2.05) is 0 Å². The number of nitrogens with two attached hydrogens (primary N) is 1. The summed E-state index contributed by atoms with van der Waals surface area (Å²) < 4.78 is 0. The van der Waals surface area contributed by atoms with Gasteiger partial charge in [0.1, 0.15) is 0 Å². The first-order valence-electron chi connectivity index (χ1n) is 7.98. The molecule has 3 rings (SSSR count). The lowest BCUT2D eigenvalue weighted by molar-refractivity contribution is 0.214. The third kappa shape index (κ3) is 3.05. The first kappa shape index (κ1) is 14.1. The van der Waals surface area contributed by atoms with Crippen molar-refractivity contribution in [2.24, 2.45) is 5.73 Å². The van der Waals surface area contributed by atoms with Crippen molar-refractivity contribution in [2.45, 2.75) is 44.3 Å². The second kappa shape index (κ2) is 6.25. The Kier molecular flexibility index (Phi) is 4.39. The van der Waals surface area contributed by atoms with E-state index in [9.17, 15) is 0 Å². The van der Waals surface area contributed by atoms with Crippen LogP contribution in [0, 0.1) is 0 Å². The molecule has 110 valence electrons. The Morgan fingerprint density at radius 3 is 2.50 bits per heavy atom. The fraction of sp³-hybridized carbons (Fsp3) is 0.647. The van der Waals surface area contributed by atoms with Gasteiger partial charge in [-0.15, -0.1) is 0 Å². The summed E-state index contributed by atoms with van der Waals surface area (Å²) in [7, 11) is 2.31. The normalized spacial score (nSPS) is 27.7. The van der Waals surface area contributed by atoms with E-state index in [-0.39, 0.29) is 0 Å². The van der Waals surface area contributed by atoms with E-state index in [0.717, 1.165) is 31.6 Å². The van der Waals surface area contributed by atoms with Gasteiger partial charge >= 0.3 is 0 Å². The quantitative estimate of drug-likeness (QED) is 0.909. The van der Waals surface area contributed by atoms with Gasteiger partial charge < -0.3 is 5.73 Å². The Hall–Kier alpha value is -0.900. The average molecular weight is 273 g/mol. The molecule has 2 atom stereocenters. The zero-order valence-corrected chi connectivity index (χ0v) is 12.6. The van der Waals surface area contributed by atoms with E-state index in [0.29, 0.717) is 0 Å². The Labute approximate surface area is 122 Å². The first-order valence-corrected chi connectivity index (χ1v) is 7.98. The number of hydrogen-bond acceptors (Lipinski definition) is 3. The number of nitrogens with zero attached hydrogens (tertiary/aromatic N) is 2. The van der Waals surface area contributed by atoms with Crippen LogP contribution in [0.1, 0.15) is 30.4 Å². The van der Waals surface area contributed by atoms with Crippen LogP contribution in [0.5, 0.6) is 0 Å². The lowest BCUT2D eigenvalue weighted by Crippen LogP contribution is -2.36. The summed E-state index contributed by atoms with van der Waals surface area (Å²) in [6.07, 6.45) is 5.10. The van der Waals surface area contributed by atoms with E-state index < -0.39 is 0 Å². The highest BCUT2D eigenvalue weighted by Gasteiger charge is 2.34. The van der Waals surface area contributed by atoms with Crippen molar-refractivity contribution in [1.82, 2.24) is 9.80 Å². The Morgan fingerprint density at radius 1 is 1.05 bits per heavy atom. The van der Waals surface area contributed by atoms with Crippen LogP contribution in [0.15, 0.2) is 24.3 Å². The van der Waals surface area contributed by atoms with E-state index >= 15 is 0 Å². The van der Waals surface area contributed by atoms with E-state index in [2.05, 4.69) is 41.1 Å². The van der Waals surface area contributed by atoms with E-state index in [1.165, 1.54) is 43.5 Å². The Balaban J connectivity index is 1.60. The average Bonchev–Trinajstić information content (AvgIpc) is 2.69. The molecular formula is C17H27N3. The molecule has 2 fully saturated rings. The minimum atomic E-state index is 0.737. The highest BCUT2D eigenvalue weighted by molar-refractivity contribution is 5.22. The molecule has 2 aliphatic rings. The number of rotatable bonds is 4. The van der Waals surface area contributed by atoms with E-state index in [1.54, 1.807) is 0 Å². The zero-order chi connectivity index (χ0) is 13.9. The molecule has 2 unspecified atom stereocenters. The van der Waals surface area contributed by atoms with Crippen molar-refractivity contribution in [2.75, 3.05) is 26.7 Å². The van der Waals surface area contributed by atoms with Gasteiger partial charge in [-0.3, -0.25) is 9.80 Å². The molecule has 2 saturated heterocycles. The molecule has 0 spiro atoms. The molecule has 0 aromatic heterocycles. The van der Waals surface area contributed by atoms with Crippen LogP contribution in [-0.4, -0.2) is 48.6 Å². The maximum Gasteiger partial charge on any atom is 0.0234 e. The summed E-state index contributed by atoms with van der Waals surface area (Å²) in [5.74, 6) is 0. The maximum atomic E-state index is 5.60. The highest BCUT2D eigenvalue weighted by atomic mass is 15.3. The maximum absolute atomic E-state index is 5.60. The molecule has 0 aliphatic carbocycles. The molecular weight excluding hydrogens is 246 g/mol. The van der Waals surface area contributed by atoms with E-state index in [4.69, 9.17) is 5.73 Å². The largest absolute Gasteiger partial charge is 0.330 e. The van der Waals surface area contributed by atoms with Gasteiger partial charge in [-0.2, -0.15) is 0 Å². The molecule has 0 radical (unpaired) electrons. The van der Waals surface area contributed by atoms with Crippen molar-refractivity contribution in [1.29, 1.82) is 0 Å². The molecule has 1 aromatic carbocycles. The van der Waals surface area contributed by atoms with Crippen LogP contribution < -0.4 is 5.73 Å². The van der Waals surface area contributed by atoms with Gasteiger partial charge in [0, 0.05) is 31.7 Å². The van der Waals surface area contributed by atoms with Crippen molar-refractivity contribution in [3.63, 3.8) is 0 Å². The topological polar surface area (TPSA) is 32.5 Å². The van der Waals surface area contributed by atoms with Gasteiger partial charge in [-0.05, 0) is 50.4 Å². The predicted molar refractivity (Wildman–Crippen MR) is 83.7 cm³/mol. The van der Waals surface area contributed by atoms with Crippen LogP contribution in [0.3, 0.4) is 0 Å². The fourth-order valence-corrected chi connectivity index (χ4v) is 3.76. The smallest absolute Gasteiger partial charge is 0.0234 e. The number of likely N-dealkylation sites (tertiary alicyclic amines) is 1. The van der Waals surface area contributed by atoms with Gasteiger partial charge in [0.15, 0.2) is 0 Å². The third-order valence-electron chi connectivity index (χ3n) is 5.09. The second-order valence-corrected chi connectivity index (χ2v) is 6.43. The highest BCUT2D eigenvalue weighted by Crippen LogP contribution is 2.28. The van der Waals surface area contributed by atoms with Crippen LogP contribution >= 0.6 is 0 Å². The molecule has 0 saturated carbocycles. The Bertz CT molecular complexity index is 428. The standard InChI is InChI=1S/C17H27N3/c1-19-16-6-7-17(19)13-20(11-9-16)12-15-4-2-14(3-5-15)8-10-18/h2-5,16-17H,6-13,18H2,1H3. The van der Waals surface area contributed by atoms with Gasteiger partial charge in [-0.25, -0.2) is 0 Å². The molecule has 2 heterocycles. The van der Waals surface area contributed by atoms with Gasteiger partial charge in [-0.1, -0.05) is 24.3 Å². The van der Waals surface area contributed by atoms with Gasteiger partial charge in [0.2, 0.25) is 0 Å². The molecule has 2 N–H and O–H groups in total. The minimum absolute atomic E-state index is 0.737. The molecule has 20 heavy (non-hydrogen) atoms. The van der Waals surface area contributed by atoms with Crippen molar-refractivity contribution in [3.05, 3.63) is 35.4 Å². The van der Waals surface area contributed by atoms with Crippen LogP contribution in [-0.2, 0) is 13.0 Å². The molecule has 1 aromatic rings. The number of hydrogen-bond donors (Lipinski definition) is 1. The fourth-order valence-electron chi connectivity index (χ4n) is 3.76. The van der Waals surface area contributed by atoms with Gasteiger partial charge in [0.25, 0.3) is 0 Å². The number of benzene rings is 1. The number of likely N-dealkylation sites (N-methyl/N-ethyl adjacent to an activating group) is 1. The Morgan fingerprint density at radius 2 is 1.75 bits per heavy atom. The van der Waals surface area contributed by atoms with Crippen LogP contribution in [0.2, 0.25) is 0 Å². The van der Waals surface area contributed by atoms with Crippen LogP contribution in [0.4, 0.5) is 0 Å². The summed E-state index contributed by atoms with van der Waals surface area (Å²) in [5, 5.41) is 0. The van der Waals surface area contributed by atoms with Crippen molar-refractivity contribution < 1.29 is 0 Å². The SMILES string of the molecule is CN1C2CCC1CN(Cc1ccc(CCN)cc1)CC2. The second-order valence-electron chi connectivity index (χ2n) is 6.43. The molecule has 2 aliphatic heterocycles. The number of fused-ring (bicyclic) bond motifs is 2. The summed E-state index contributed by atoms with van der Waals surface area (Å²) in [6.45, 7) is 4.31. The molecule has 3 heteroatoms. The molecule has 2 bridgehead atoms. The summed E-state index contributed by atoms with van der Waals surface area (Å²) in [4.78, 5) is 5.25. The third-order valence-corrected chi connectivity index (χ3v) is 5.09. The summed E-state index contributed by atoms with van der Waals surface area (Å²) in [6, 6.07) is 10.6. The van der Waals surface area contributed by atoms with Gasteiger partial charge in [0.05, 0.1) is 0 Å². The summed E-state index contributed by atoms with van der Waals surface area (Å²) in [5.41, 5.74) is 8.39.